The first kappa shape index (κ1) is 27.4. The van der Waals surface area contributed by atoms with E-state index in [0.717, 1.165) is 54.5 Å². The molecule has 0 amide bonds. The highest BCUT2D eigenvalue weighted by Gasteiger charge is 2.34. The van der Waals surface area contributed by atoms with E-state index in [-0.39, 0.29) is 4.90 Å². The van der Waals surface area contributed by atoms with Crippen molar-refractivity contribution in [2.45, 2.75) is 56.4 Å². The minimum absolute atomic E-state index is 0.131. The molecule has 2 bridgehead atoms. The molecule has 0 aliphatic heterocycles. The molecule has 3 unspecified atom stereocenters. The molecule has 0 aromatic heterocycles. The summed E-state index contributed by atoms with van der Waals surface area (Å²) in [5.74, 6) is 2.87. The molecule has 0 N–H and O–H groups in total. The van der Waals surface area contributed by atoms with Gasteiger partial charge in [0.2, 0.25) is 0 Å². The molecule has 4 aromatic rings. The number of benzene rings is 4. The van der Waals surface area contributed by atoms with Gasteiger partial charge in [-0.05, 0) is 102 Å². The summed E-state index contributed by atoms with van der Waals surface area (Å²) in [6, 6.07) is 29.0. The van der Waals surface area contributed by atoms with Crippen molar-refractivity contribution < 1.29 is 22.1 Å². The third kappa shape index (κ3) is 5.84. The monoisotopic (exact) mass is 568 g/mol. The van der Waals surface area contributed by atoms with Crippen molar-refractivity contribution in [2.75, 3.05) is 7.11 Å². The Balaban J connectivity index is 1.33. The van der Waals surface area contributed by atoms with Crippen LogP contribution in [-0.2, 0) is 36.0 Å². The van der Waals surface area contributed by atoms with Crippen LogP contribution in [0.3, 0.4) is 0 Å². The molecule has 212 valence electrons. The van der Waals surface area contributed by atoms with E-state index in [1.54, 1.807) is 37.4 Å². The molecule has 41 heavy (non-hydrogen) atoms. The van der Waals surface area contributed by atoms with Crippen LogP contribution in [0.2, 0.25) is 0 Å². The molecule has 3 atom stereocenters. The van der Waals surface area contributed by atoms with Gasteiger partial charge in [-0.1, -0.05) is 67.6 Å². The molecule has 6 heteroatoms. The van der Waals surface area contributed by atoms with E-state index < -0.39 is 10.1 Å². The highest BCUT2D eigenvalue weighted by molar-refractivity contribution is 7.87. The number of fused-ring (bicyclic) bond motifs is 5. The zero-order valence-corrected chi connectivity index (χ0v) is 24.4. The van der Waals surface area contributed by atoms with Crippen molar-refractivity contribution in [1.29, 1.82) is 0 Å². The van der Waals surface area contributed by atoms with E-state index in [1.165, 1.54) is 11.1 Å². The van der Waals surface area contributed by atoms with Crippen LogP contribution in [0.25, 0.3) is 0 Å². The summed E-state index contributed by atoms with van der Waals surface area (Å²) in [7, 11) is -2.46. The minimum Gasteiger partial charge on any atom is -0.493 e. The van der Waals surface area contributed by atoms with E-state index in [4.69, 9.17) is 13.7 Å². The van der Waals surface area contributed by atoms with Gasteiger partial charge >= 0.3 is 10.1 Å². The molecule has 5 nitrogen and oxygen atoms in total. The quantitative estimate of drug-likeness (QED) is 0.216. The molecule has 0 saturated heterocycles. The Labute approximate surface area is 243 Å². The van der Waals surface area contributed by atoms with Gasteiger partial charge in [-0.15, -0.1) is 0 Å². The Kier molecular flexibility index (Phi) is 7.76. The lowest BCUT2D eigenvalue weighted by atomic mass is 9.74. The fourth-order valence-corrected chi connectivity index (χ4v) is 7.49. The minimum atomic E-state index is -4.02. The maximum absolute atomic E-state index is 13.3. The third-order valence-electron chi connectivity index (χ3n) is 8.74. The number of rotatable bonds is 7. The zero-order chi connectivity index (χ0) is 28.4. The maximum atomic E-state index is 13.3. The summed E-state index contributed by atoms with van der Waals surface area (Å²) in [6.45, 7) is 2.84. The van der Waals surface area contributed by atoms with Gasteiger partial charge in [-0.3, -0.25) is 0 Å². The molecule has 4 aromatic carbocycles. The summed E-state index contributed by atoms with van der Waals surface area (Å²) in [5.41, 5.74) is 5.94. The Morgan fingerprint density at radius 2 is 1.61 bits per heavy atom. The first-order valence-corrected chi connectivity index (χ1v) is 15.8. The second kappa shape index (κ2) is 11.6. The molecule has 2 aliphatic carbocycles. The van der Waals surface area contributed by atoms with Crippen molar-refractivity contribution in [3.63, 3.8) is 0 Å². The van der Waals surface area contributed by atoms with Crippen LogP contribution in [0, 0.1) is 11.8 Å². The van der Waals surface area contributed by atoms with Crippen LogP contribution in [0.1, 0.15) is 53.5 Å². The Morgan fingerprint density at radius 3 is 2.37 bits per heavy atom. The molecule has 0 radical (unpaired) electrons. The summed E-state index contributed by atoms with van der Waals surface area (Å²) in [6.07, 6.45) is 4.77. The smallest absolute Gasteiger partial charge is 0.339 e. The topological polar surface area (TPSA) is 61.8 Å². The number of hydrogen-bond donors (Lipinski definition) is 0. The lowest BCUT2D eigenvalue weighted by Crippen LogP contribution is -2.22. The van der Waals surface area contributed by atoms with Gasteiger partial charge < -0.3 is 13.7 Å². The van der Waals surface area contributed by atoms with E-state index >= 15 is 0 Å². The maximum Gasteiger partial charge on any atom is 0.339 e. The number of methoxy groups -OCH3 is 1. The average molecular weight is 569 g/mol. The lowest BCUT2D eigenvalue weighted by molar-refractivity contribution is 0.289. The van der Waals surface area contributed by atoms with Gasteiger partial charge in [0.05, 0.1) is 7.11 Å². The number of ether oxygens (including phenoxy) is 2. The summed E-state index contributed by atoms with van der Waals surface area (Å²) < 4.78 is 44.3. The first-order chi connectivity index (χ1) is 19.9. The SMILES string of the molecule is COc1ccc2c(c1OS(=O)(=O)c1ccccc1)CC(C)C1CCc3cc(OCc4ccccc4)ccc3C(C2)C1. The largest absolute Gasteiger partial charge is 0.493 e. The van der Waals surface area contributed by atoms with Crippen LogP contribution in [0.15, 0.2) is 95.9 Å². The van der Waals surface area contributed by atoms with Crippen LogP contribution < -0.4 is 13.7 Å². The normalized spacial score (nSPS) is 20.0. The standard InChI is InChI=1S/C35H36O5S/c1-24-19-33-27(15-18-34(38-2)35(33)40-41(36,37)31-11-7-4-8-12-31)21-29-20-26(24)13-14-28-22-30(16-17-32(28)29)39-23-25-9-5-3-6-10-25/h3-12,15-18,22,24,26,29H,13-14,19-21,23H2,1-2H3. The van der Waals surface area contributed by atoms with Crippen molar-refractivity contribution in [2.24, 2.45) is 11.8 Å². The summed E-state index contributed by atoms with van der Waals surface area (Å²) >= 11 is 0. The summed E-state index contributed by atoms with van der Waals surface area (Å²) in [4.78, 5) is 0.131. The van der Waals surface area contributed by atoms with Crippen LogP contribution in [0.5, 0.6) is 17.2 Å². The molecular weight excluding hydrogens is 532 g/mol. The number of aryl methyl sites for hydroxylation is 1. The third-order valence-corrected chi connectivity index (χ3v) is 9.97. The van der Waals surface area contributed by atoms with Crippen molar-refractivity contribution >= 4 is 10.1 Å². The Morgan fingerprint density at radius 1 is 0.854 bits per heavy atom. The average Bonchev–Trinajstić information content (AvgIpc) is 3.18. The van der Waals surface area contributed by atoms with Gasteiger partial charge in [0, 0.05) is 5.56 Å². The van der Waals surface area contributed by atoms with Gasteiger partial charge in [-0.25, -0.2) is 0 Å². The second-order valence-corrected chi connectivity index (χ2v) is 12.9. The fraction of sp³-hybridized carbons (Fsp3) is 0.314. The predicted octanol–water partition coefficient (Wildman–Crippen LogP) is 7.51. The Bertz CT molecular complexity index is 1620. The zero-order valence-electron chi connectivity index (χ0n) is 23.6. The van der Waals surface area contributed by atoms with Gasteiger partial charge in [0.15, 0.2) is 11.5 Å². The Hall–Kier alpha value is -3.77. The first-order valence-electron chi connectivity index (χ1n) is 14.4. The second-order valence-electron chi connectivity index (χ2n) is 11.3. The lowest BCUT2D eigenvalue weighted by Gasteiger charge is -2.32. The molecular formula is C35H36O5S. The van der Waals surface area contributed by atoms with E-state index in [9.17, 15) is 8.42 Å². The summed E-state index contributed by atoms with van der Waals surface area (Å²) in [5, 5.41) is 0. The van der Waals surface area contributed by atoms with Crippen molar-refractivity contribution in [3.8, 4) is 17.2 Å². The molecule has 0 saturated carbocycles. The van der Waals surface area contributed by atoms with Crippen molar-refractivity contribution in [3.05, 3.63) is 119 Å². The van der Waals surface area contributed by atoms with E-state index in [2.05, 4.69) is 43.3 Å². The van der Waals surface area contributed by atoms with Gasteiger partial charge in [0.25, 0.3) is 0 Å². The van der Waals surface area contributed by atoms with Crippen LogP contribution in [-0.4, -0.2) is 15.5 Å². The molecule has 2 aliphatic rings. The highest BCUT2D eigenvalue weighted by Crippen LogP contribution is 2.46. The molecule has 0 spiro atoms. The predicted molar refractivity (Wildman–Crippen MR) is 160 cm³/mol. The van der Waals surface area contributed by atoms with Crippen molar-refractivity contribution in [1.82, 2.24) is 0 Å². The fourth-order valence-electron chi connectivity index (χ4n) is 6.50. The van der Waals surface area contributed by atoms with E-state index in [1.807, 2.05) is 24.3 Å². The molecule has 6 rings (SSSR count). The van der Waals surface area contributed by atoms with Gasteiger partial charge in [-0.2, -0.15) is 8.42 Å². The molecule has 0 fully saturated rings. The molecule has 0 heterocycles. The van der Waals surface area contributed by atoms with Crippen LogP contribution in [0.4, 0.5) is 0 Å². The number of hydrogen-bond acceptors (Lipinski definition) is 5. The van der Waals surface area contributed by atoms with E-state index in [0.29, 0.717) is 35.9 Å². The van der Waals surface area contributed by atoms with Crippen LogP contribution >= 0.6 is 0 Å². The highest BCUT2D eigenvalue weighted by atomic mass is 32.2. The van der Waals surface area contributed by atoms with Gasteiger partial charge in [0.1, 0.15) is 17.3 Å².